The third-order valence-electron chi connectivity index (χ3n) is 3.44. The van der Waals surface area contributed by atoms with E-state index in [2.05, 4.69) is 20.4 Å². The van der Waals surface area contributed by atoms with E-state index < -0.39 is 0 Å². The average molecular weight is 339 g/mol. The molecule has 1 N–H and O–H groups in total. The van der Waals surface area contributed by atoms with E-state index in [1.54, 1.807) is 35.0 Å². The molecular weight excluding hydrogens is 322 g/mol. The maximum absolute atomic E-state index is 12.3. The average Bonchev–Trinajstić information content (AvgIpc) is 3.11. The Labute approximate surface area is 144 Å². The van der Waals surface area contributed by atoms with Gasteiger partial charge in [-0.05, 0) is 24.5 Å². The zero-order valence-corrected chi connectivity index (χ0v) is 14.0. The molecule has 24 heavy (non-hydrogen) atoms. The van der Waals surface area contributed by atoms with Gasteiger partial charge in [-0.15, -0.1) is 11.8 Å². The van der Waals surface area contributed by atoms with Gasteiger partial charge in [0.2, 0.25) is 0 Å². The zero-order valence-electron chi connectivity index (χ0n) is 13.2. The quantitative estimate of drug-likeness (QED) is 0.699. The normalized spacial score (nSPS) is 10.5. The van der Waals surface area contributed by atoms with Crippen LogP contribution in [0.3, 0.4) is 0 Å². The number of nitrogens with one attached hydrogen (secondary N) is 1. The Balaban J connectivity index is 1.57. The van der Waals surface area contributed by atoms with Crippen LogP contribution in [0.4, 0.5) is 0 Å². The van der Waals surface area contributed by atoms with Crippen LogP contribution in [0.1, 0.15) is 10.4 Å². The minimum absolute atomic E-state index is 0.0683. The maximum Gasteiger partial charge on any atom is 0.252 e. The fourth-order valence-corrected chi connectivity index (χ4v) is 2.86. The molecule has 122 valence electrons. The number of amides is 1. The number of carbonyl (C=O) groups is 1. The van der Waals surface area contributed by atoms with Crippen molar-refractivity contribution in [3.05, 3.63) is 60.7 Å². The molecule has 3 rings (SSSR count). The lowest BCUT2D eigenvalue weighted by Crippen LogP contribution is -2.27. The first kappa shape index (κ1) is 16.2. The van der Waals surface area contributed by atoms with Gasteiger partial charge in [0.1, 0.15) is 11.4 Å². The van der Waals surface area contributed by atoms with Crippen LogP contribution in [0.2, 0.25) is 0 Å². The van der Waals surface area contributed by atoms with Gasteiger partial charge in [0.15, 0.2) is 0 Å². The van der Waals surface area contributed by atoms with Crippen LogP contribution in [0.15, 0.2) is 60.0 Å². The summed E-state index contributed by atoms with van der Waals surface area (Å²) in [6.45, 7) is 1.09. The van der Waals surface area contributed by atoms with Crippen molar-refractivity contribution >= 4 is 17.7 Å². The topological polar surface area (TPSA) is 72.7 Å². The van der Waals surface area contributed by atoms with Crippen molar-refractivity contribution in [1.82, 2.24) is 25.1 Å². The fourth-order valence-electron chi connectivity index (χ4n) is 2.27. The van der Waals surface area contributed by atoms with E-state index >= 15 is 0 Å². The second-order valence-corrected chi connectivity index (χ2v) is 5.86. The first-order valence-corrected chi connectivity index (χ1v) is 8.71. The summed E-state index contributed by atoms with van der Waals surface area (Å²) in [7, 11) is 0. The number of benzene rings is 1. The highest BCUT2D eigenvalue weighted by Crippen LogP contribution is 2.19. The summed E-state index contributed by atoms with van der Waals surface area (Å²) < 4.78 is 1.78. The number of carbonyl (C=O) groups excluding carboxylic acids is 1. The van der Waals surface area contributed by atoms with Gasteiger partial charge in [0.05, 0.1) is 18.3 Å². The molecule has 0 aliphatic heterocycles. The number of nitrogens with zero attached hydrogens (tertiary/aromatic N) is 4. The van der Waals surface area contributed by atoms with Gasteiger partial charge in [-0.25, -0.2) is 0 Å². The predicted molar refractivity (Wildman–Crippen MR) is 93.8 cm³/mol. The van der Waals surface area contributed by atoms with Crippen molar-refractivity contribution in [2.24, 2.45) is 0 Å². The minimum atomic E-state index is -0.0683. The second kappa shape index (κ2) is 7.74. The molecule has 3 aromatic rings. The summed E-state index contributed by atoms with van der Waals surface area (Å²) >= 11 is 1.56. The minimum Gasteiger partial charge on any atom is -0.350 e. The summed E-state index contributed by atoms with van der Waals surface area (Å²) in [6.07, 6.45) is 8.77. The second-order valence-electron chi connectivity index (χ2n) is 5.01. The summed E-state index contributed by atoms with van der Waals surface area (Å²) in [6, 6.07) is 9.46. The maximum atomic E-state index is 12.3. The van der Waals surface area contributed by atoms with E-state index in [1.807, 2.05) is 42.8 Å². The van der Waals surface area contributed by atoms with Gasteiger partial charge in [-0.1, -0.05) is 12.1 Å². The van der Waals surface area contributed by atoms with E-state index in [9.17, 15) is 4.79 Å². The van der Waals surface area contributed by atoms with Crippen LogP contribution in [0.25, 0.3) is 11.4 Å². The molecule has 1 aromatic carbocycles. The van der Waals surface area contributed by atoms with Crippen LogP contribution in [0, 0.1) is 0 Å². The Hall–Kier alpha value is -2.67. The molecule has 1 amide bonds. The molecule has 0 unspecified atom stereocenters. The van der Waals surface area contributed by atoms with Gasteiger partial charge >= 0.3 is 0 Å². The summed E-state index contributed by atoms with van der Waals surface area (Å²) in [5.41, 5.74) is 2.20. The molecule has 7 heteroatoms. The van der Waals surface area contributed by atoms with Gasteiger partial charge in [0, 0.05) is 30.0 Å². The smallest absolute Gasteiger partial charge is 0.252 e. The SMILES string of the molecule is CSc1ccccc1C(=O)NCCn1ccc(-c2cnccn2)n1. The Morgan fingerprint density at radius 3 is 2.88 bits per heavy atom. The van der Waals surface area contributed by atoms with E-state index in [0.29, 0.717) is 18.7 Å². The molecule has 0 saturated heterocycles. The molecule has 6 nitrogen and oxygen atoms in total. The molecular formula is C17H17N5OS. The van der Waals surface area contributed by atoms with E-state index in [1.165, 1.54) is 0 Å². The lowest BCUT2D eigenvalue weighted by Gasteiger charge is -2.08. The Morgan fingerprint density at radius 2 is 2.08 bits per heavy atom. The summed E-state index contributed by atoms with van der Waals surface area (Å²) in [5.74, 6) is -0.0683. The summed E-state index contributed by atoms with van der Waals surface area (Å²) in [5, 5.41) is 7.37. The first-order valence-electron chi connectivity index (χ1n) is 7.49. The molecule has 0 aliphatic rings. The van der Waals surface area contributed by atoms with Gasteiger partial charge in [0.25, 0.3) is 5.91 Å². The molecule has 0 spiro atoms. The molecule has 0 atom stereocenters. The fraction of sp³-hybridized carbons (Fsp3) is 0.176. The molecule has 0 radical (unpaired) electrons. The highest BCUT2D eigenvalue weighted by molar-refractivity contribution is 7.98. The van der Waals surface area contributed by atoms with Crippen LogP contribution in [-0.4, -0.2) is 38.5 Å². The number of hydrogen-bond acceptors (Lipinski definition) is 5. The molecule has 0 saturated carbocycles. The standard InChI is InChI=1S/C17H17N5OS/c1-24-16-5-3-2-4-13(16)17(23)20-9-11-22-10-6-14(21-22)15-12-18-7-8-19-15/h2-8,10,12H,9,11H2,1H3,(H,20,23). The number of thioether (sulfide) groups is 1. The van der Waals surface area contributed by atoms with Crippen molar-refractivity contribution in [1.29, 1.82) is 0 Å². The molecule has 2 aromatic heterocycles. The van der Waals surface area contributed by atoms with Crippen molar-refractivity contribution in [3.8, 4) is 11.4 Å². The van der Waals surface area contributed by atoms with Crippen LogP contribution in [0.5, 0.6) is 0 Å². The van der Waals surface area contributed by atoms with Crippen LogP contribution < -0.4 is 5.32 Å². The highest BCUT2D eigenvalue weighted by Gasteiger charge is 2.10. The number of hydrogen-bond donors (Lipinski definition) is 1. The largest absolute Gasteiger partial charge is 0.350 e. The number of aromatic nitrogens is 4. The third kappa shape index (κ3) is 3.80. The molecule has 2 heterocycles. The first-order chi connectivity index (χ1) is 11.8. The van der Waals surface area contributed by atoms with Crippen LogP contribution in [-0.2, 0) is 6.54 Å². The van der Waals surface area contributed by atoms with Gasteiger partial charge < -0.3 is 5.32 Å². The highest BCUT2D eigenvalue weighted by atomic mass is 32.2. The van der Waals surface area contributed by atoms with Gasteiger partial charge in [-0.3, -0.25) is 19.4 Å². The van der Waals surface area contributed by atoms with Crippen molar-refractivity contribution < 1.29 is 4.79 Å². The predicted octanol–water partition coefficient (Wildman–Crippen LogP) is 2.49. The Bertz CT molecular complexity index is 819. The van der Waals surface area contributed by atoms with Crippen molar-refractivity contribution in [2.75, 3.05) is 12.8 Å². The molecule has 0 aliphatic carbocycles. The van der Waals surface area contributed by atoms with Crippen molar-refractivity contribution in [2.45, 2.75) is 11.4 Å². The summed E-state index contributed by atoms with van der Waals surface area (Å²) in [4.78, 5) is 21.5. The Kier molecular flexibility index (Phi) is 5.22. The van der Waals surface area contributed by atoms with E-state index in [4.69, 9.17) is 0 Å². The van der Waals surface area contributed by atoms with E-state index in [0.717, 1.165) is 16.3 Å². The molecule has 0 bridgehead atoms. The molecule has 0 fully saturated rings. The monoisotopic (exact) mass is 339 g/mol. The lowest BCUT2D eigenvalue weighted by molar-refractivity contribution is 0.0949. The zero-order chi connectivity index (χ0) is 16.8. The lowest BCUT2D eigenvalue weighted by atomic mass is 10.2. The van der Waals surface area contributed by atoms with Crippen LogP contribution >= 0.6 is 11.8 Å². The third-order valence-corrected chi connectivity index (χ3v) is 4.24. The van der Waals surface area contributed by atoms with Crippen molar-refractivity contribution in [3.63, 3.8) is 0 Å². The van der Waals surface area contributed by atoms with Gasteiger partial charge in [-0.2, -0.15) is 5.10 Å². The van der Waals surface area contributed by atoms with E-state index in [-0.39, 0.29) is 5.91 Å². The number of rotatable bonds is 6. The Morgan fingerprint density at radius 1 is 1.21 bits per heavy atom.